The van der Waals surface area contributed by atoms with Crippen LogP contribution in [0.2, 0.25) is 0 Å². The Labute approximate surface area is 204 Å². The first-order valence-electron chi connectivity index (χ1n) is 11.7. The van der Waals surface area contributed by atoms with Crippen molar-refractivity contribution in [2.24, 2.45) is 0 Å². The van der Waals surface area contributed by atoms with Gasteiger partial charge in [-0.2, -0.15) is 17.5 Å². The fraction of sp³-hybridized carbons (Fsp3) is 0.520. The second kappa shape index (κ2) is 12.3. The van der Waals surface area contributed by atoms with E-state index in [1.807, 2.05) is 0 Å². The number of benzene rings is 2. The Kier molecular flexibility index (Phi) is 9.69. The van der Waals surface area contributed by atoms with E-state index < -0.39 is 21.8 Å². The first-order valence-corrected chi connectivity index (χ1v) is 13.6. The smallest absolute Gasteiger partial charge is 0.377 e. The summed E-state index contributed by atoms with van der Waals surface area (Å²) in [6, 6.07) is 11.5. The normalized spacial score (nSPS) is 17.7. The van der Waals surface area contributed by atoms with Gasteiger partial charge in [-0.15, -0.1) is 0 Å². The van der Waals surface area contributed by atoms with Crippen LogP contribution in [0.25, 0.3) is 0 Å². The Hall–Kier alpha value is -2.01. The van der Waals surface area contributed by atoms with Crippen molar-refractivity contribution in [1.29, 1.82) is 0 Å². The summed E-state index contributed by atoms with van der Waals surface area (Å²) in [6.07, 6.45) is -0.537. The van der Waals surface area contributed by atoms with Crippen molar-refractivity contribution in [3.8, 4) is 0 Å². The third-order valence-corrected chi connectivity index (χ3v) is 7.34. The molecule has 0 aromatic heterocycles. The fourth-order valence-corrected chi connectivity index (χ4v) is 5.09. The second-order valence-electron chi connectivity index (χ2n) is 8.96. The molecule has 3 rings (SSSR count). The van der Waals surface area contributed by atoms with Gasteiger partial charge in [0.2, 0.25) is 10.0 Å². The highest BCUT2D eigenvalue weighted by atomic mass is 32.2. The lowest BCUT2D eigenvalue weighted by Gasteiger charge is -2.31. The third-order valence-electron chi connectivity index (χ3n) is 6.07. The summed E-state index contributed by atoms with van der Waals surface area (Å²) in [5.41, 5.74) is 0.834. The molecular formula is C25H32F4N2O3S. The zero-order chi connectivity index (χ0) is 25.5. The van der Waals surface area contributed by atoms with Crippen molar-refractivity contribution in [1.82, 2.24) is 9.21 Å². The van der Waals surface area contributed by atoms with Crippen LogP contribution in [-0.2, 0) is 33.9 Å². The van der Waals surface area contributed by atoms with Gasteiger partial charge in [0, 0.05) is 39.3 Å². The highest BCUT2D eigenvalue weighted by Crippen LogP contribution is 2.29. The molecule has 194 valence electrons. The summed E-state index contributed by atoms with van der Waals surface area (Å²) in [7, 11) is -3.25. The SMILES string of the molecule is CS(=O)(=O)N1CCCC(OCCCN(CCc2ccc(F)cc2)Cc2cccc(C(F)(F)F)c2)C1. The van der Waals surface area contributed by atoms with Crippen molar-refractivity contribution in [3.05, 3.63) is 71.0 Å². The number of ether oxygens (including phenoxy) is 1. The zero-order valence-electron chi connectivity index (χ0n) is 19.8. The summed E-state index contributed by atoms with van der Waals surface area (Å²) in [5, 5.41) is 0. The maximum atomic E-state index is 13.2. The average Bonchev–Trinajstić information content (AvgIpc) is 2.80. The number of hydrogen-bond donors (Lipinski definition) is 0. The van der Waals surface area contributed by atoms with Gasteiger partial charge in [-0.3, -0.25) is 4.90 Å². The highest BCUT2D eigenvalue weighted by molar-refractivity contribution is 7.88. The Morgan fingerprint density at radius 3 is 2.51 bits per heavy atom. The van der Waals surface area contributed by atoms with Crippen molar-refractivity contribution in [2.45, 2.75) is 44.5 Å². The summed E-state index contributed by atoms with van der Waals surface area (Å²) in [6.45, 7) is 2.81. The lowest BCUT2D eigenvalue weighted by atomic mass is 10.1. The van der Waals surface area contributed by atoms with Crippen LogP contribution >= 0.6 is 0 Å². The van der Waals surface area contributed by atoms with E-state index >= 15 is 0 Å². The highest BCUT2D eigenvalue weighted by Gasteiger charge is 2.30. The van der Waals surface area contributed by atoms with Gasteiger partial charge in [0.1, 0.15) is 5.82 Å². The van der Waals surface area contributed by atoms with E-state index in [0.29, 0.717) is 57.7 Å². The molecule has 2 aromatic rings. The summed E-state index contributed by atoms with van der Waals surface area (Å²) >= 11 is 0. The topological polar surface area (TPSA) is 49.9 Å². The molecule has 35 heavy (non-hydrogen) atoms. The van der Waals surface area contributed by atoms with E-state index in [0.717, 1.165) is 24.5 Å². The minimum atomic E-state index is -4.40. The molecule has 0 N–H and O–H groups in total. The monoisotopic (exact) mass is 516 g/mol. The molecular weight excluding hydrogens is 484 g/mol. The van der Waals surface area contributed by atoms with E-state index in [1.165, 1.54) is 34.8 Å². The molecule has 1 fully saturated rings. The largest absolute Gasteiger partial charge is 0.416 e. The quantitative estimate of drug-likeness (QED) is 0.320. The molecule has 0 aliphatic carbocycles. The number of rotatable bonds is 11. The average molecular weight is 517 g/mol. The Morgan fingerprint density at radius 2 is 1.83 bits per heavy atom. The molecule has 0 bridgehead atoms. The molecule has 0 saturated carbocycles. The van der Waals surface area contributed by atoms with E-state index in [2.05, 4.69) is 4.90 Å². The lowest BCUT2D eigenvalue weighted by molar-refractivity contribution is -0.137. The zero-order valence-corrected chi connectivity index (χ0v) is 20.6. The van der Waals surface area contributed by atoms with Crippen LogP contribution in [0, 0.1) is 5.82 Å². The summed E-state index contributed by atoms with van der Waals surface area (Å²) < 4.78 is 83.5. The van der Waals surface area contributed by atoms with E-state index in [4.69, 9.17) is 4.74 Å². The van der Waals surface area contributed by atoms with Crippen molar-refractivity contribution < 1.29 is 30.7 Å². The molecule has 1 aliphatic rings. The summed E-state index contributed by atoms with van der Waals surface area (Å²) in [5.74, 6) is -0.316. The number of hydrogen-bond acceptors (Lipinski definition) is 4. The van der Waals surface area contributed by atoms with Crippen molar-refractivity contribution in [2.75, 3.05) is 39.0 Å². The van der Waals surface area contributed by atoms with E-state index in [1.54, 1.807) is 18.2 Å². The predicted octanol–water partition coefficient (Wildman–Crippen LogP) is 4.72. The van der Waals surface area contributed by atoms with Crippen LogP contribution in [0.3, 0.4) is 0 Å². The van der Waals surface area contributed by atoms with Gasteiger partial charge in [0.05, 0.1) is 17.9 Å². The van der Waals surface area contributed by atoms with Crippen LogP contribution in [-0.4, -0.2) is 62.8 Å². The van der Waals surface area contributed by atoms with Crippen LogP contribution in [0.4, 0.5) is 17.6 Å². The molecule has 1 aliphatic heterocycles. The molecule has 0 spiro atoms. The van der Waals surface area contributed by atoms with Gasteiger partial charge >= 0.3 is 6.18 Å². The van der Waals surface area contributed by atoms with Crippen LogP contribution < -0.4 is 0 Å². The molecule has 1 unspecified atom stereocenters. The summed E-state index contributed by atoms with van der Waals surface area (Å²) in [4.78, 5) is 2.06. The minimum absolute atomic E-state index is 0.158. The molecule has 2 aromatic carbocycles. The number of halogens is 4. The maximum Gasteiger partial charge on any atom is 0.416 e. The molecule has 1 atom stereocenters. The van der Waals surface area contributed by atoms with Crippen molar-refractivity contribution in [3.63, 3.8) is 0 Å². The van der Waals surface area contributed by atoms with Gasteiger partial charge < -0.3 is 4.74 Å². The molecule has 1 saturated heterocycles. The van der Waals surface area contributed by atoms with Gasteiger partial charge in [0.15, 0.2) is 0 Å². The minimum Gasteiger partial charge on any atom is -0.377 e. The Balaban J connectivity index is 1.57. The molecule has 10 heteroatoms. The van der Waals surface area contributed by atoms with Gasteiger partial charge in [-0.25, -0.2) is 12.8 Å². The third kappa shape index (κ3) is 9.18. The molecule has 1 heterocycles. The van der Waals surface area contributed by atoms with Crippen LogP contribution in [0.5, 0.6) is 0 Å². The number of alkyl halides is 3. The predicted molar refractivity (Wildman–Crippen MR) is 127 cm³/mol. The van der Waals surface area contributed by atoms with E-state index in [-0.39, 0.29) is 11.9 Å². The second-order valence-corrected chi connectivity index (χ2v) is 10.9. The standard InChI is InChI=1S/C25H32F4N2O3S/c1-35(32,33)31-14-3-7-24(19-31)34-16-4-13-30(15-12-20-8-10-23(26)11-9-20)18-21-5-2-6-22(17-21)25(27,28)29/h2,5-6,8-11,17,24H,3-4,7,12-16,18-19H2,1H3. The van der Waals surface area contributed by atoms with Gasteiger partial charge in [0.25, 0.3) is 0 Å². The van der Waals surface area contributed by atoms with Gasteiger partial charge in [-0.05, 0) is 55.0 Å². The van der Waals surface area contributed by atoms with E-state index in [9.17, 15) is 26.0 Å². The Morgan fingerprint density at radius 1 is 1.09 bits per heavy atom. The van der Waals surface area contributed by atoms with Crippen molar-refractivity contribution >= 4 is 10.0 Å². The number of sulfonamides is 1. The molecule has 5 nitrogen and oxygen atoms in total. The maximum absolute atomic E-state index is 13.2. The fourth-order valence-electron chi connectivity index (χ4n) is 4.19. The molecule has 0 radical (unpaired) electrons. The first-order chi connectivity index (χ1) is 16.5. The van der Waals surface area contributed by atoms with Crippen LogP contribution in [0.15, 0.2) is 48.5 Å². The lowest BCUT2D eigenvalue weighted by Crippen LogP contribution is -2.42. The number of piperidine rings is 1. The molecule has 0 amide bonds. The number of nitrogens with zero attached hydrogens (tertiary/aromatic N) is 2. The van der Waals surface area contributed by atoms with Crippen LogP contribution in [0.1, 0.15) is 36.0 Å². The Bertz CT molecular complexity index is 1050. The van der Waals surface area contributed by atoms with Gasteiger partial charge in [-0.1, -0.05) is 30.3 Å². The first kappa shape index (κ1) is 27.6.